The van der Waals surface area contributed by atoms with Gasteiger partial charge in [-0.3, -0.25) is 4.79 Å². The number of hydrogen-bond donors (Lipinski definition) is 0. The molecule has 0 saturated carbocycles. The third-order valence-electron chi connectivity index (χ3n) is 2.90. The van der Waals surface area contributed by atoms with Gasteiger partial charge in [-0.05, 0) is 36.8 Å². The predicted molar refractivity (Wildman–Crippen MR) is 81.1 cm³/mol. The zero-order valence-electron chi connectivity index (χ0n) is 11.0. The molecule has 2 rings (SSSR count). The maximum Gasteiger partial charge on any atom is 0.272 e. The molecule has 0 bridgehead atoms. The average Bonchev–Trinajstić information content (AvgIpc) is 2.47. The molecule has 0 radical (unpaired) electrons. The maximum atomic E-state index is 12.4. The third-order valence-corrected chi connectivity index (χ3v) is 3.38. The van der Waals surface area contributed by atoms with E-state index < -0.39 is 0 Å². The number of benzene rings is 1. The third kappa shape index (κ3) is 3.71. The van der Waals surface area contributed by atoms with Gasteiger partial charge in [-0.25, -0.2) is 4.98 Å². The molecule has 0 aliphatic rings. The molecule has 104 valence electrons. The summed E-state index contributed by atoms with van der Waals surface area (Å²) in [4.78, 5) is 18.1. The first-order valence-electron chi connectivity index (χ1n) is 6.25. The molecule has 0 unspecified atom stereocenters. The van der Waals surface area contributed by atoms with Crippen molar-refractivity contribution >= 4 is 29.1 Å². The van der Waals surface area contributed by atoms with Crippen LogP contribution < -0.4 is 0 Å². The fraction of sp³-hybridized carbons (Fsp3) is 0.200. The molecule has 0 aliphatic heterocycles. The first kappa shape index (κ1) is 14.8. The van der Waals surface area contributed by atoms with E-state index in [1.807, 2.05) is 31.2 Å². The molecular formula is C15H14Cl2N2O. The largest absolute Gasteiger partial charge is 0.333 e. The van der Waals surface area contributed by atoms with Crippen LogP contribution >= 0.6 is 23.2 Å². The van der Waals surface area contributed by atoms with Crippen LogP contribution in [0.2, 0.25) is 10.0 Å². The predicted octanol–water partition coefficient (Wildman–Crippen LogP) is 4.05. The maximum absolute atomic E-state index is 12.4. The minimum absolute atomic E-state index is 0.112. The van der Waals surface area contributed by atoms with Crippen LogP contribution in [0.5, 0.6) is 0 Å². The Hall–Kier alpha value is -1.58. The van der Waals surface area contributed by atoms with Gasteiger partial charge in [0.15, 0.2) is 0 Å². The van der Waals surface area contributed by atoms with Crippen molar-refractivity contribution in [3.05, 3.63) is 63.9 Å². The highest BCUT2D eigenvalue weighted by atomic mass is 35.5. The van der Waals surface area contributed by atoms with E-state index in [2.05, 4.69) is 4.98 Å². The van der Waals surface area contributed by atoms with Crippen LogP contribution in [-0.4, -0.2) is 22.3 Å². The summed E-state index contributed by atoms with van der Waals surface area (Å²) in [6, 6.07) is 10.7. The highest BCUT2D eigenvalue weighted by molar-refractivity contribution is 6.30. The number of rotatable bonds is 4. The lowest BCUT2D eigenvalue weighted by Crippen LogP contribution is -2.30. The Morgan fingerprint density at radius 3 is 2.30 bits per heavy atom. The standard InChI is InChI=1S/C15H14Cl2N2O/c1-2-19(10-11-3-5-12(16)6-4-11)15(20)14-8-7-13(17)9-18-14/h3-9H,2,10H2,1H3. The molecule has 0 spiro atoms. The second kappa shape index (κ2) is 6.73. The van der Waals surface area contributed by atoms with Crippen molar-refractivity contribution in [3.8, 4) is 0 Å². The Morgan fingerprint density at radius 2 is 1.75 bits per heavy atom. The lowest BCUT2D eigenvalue weighted by atomic mass is 10.2. The molecule has 1 amide bonds. The summed E-state index contributed by atoms with van der Waals surface area (Å²) in [5, 5.41) is 1.20. The van der Waals surface area contributed by atoms with Crippen molar-refractivity contribution in [3.63, 3.8) is 0 Å². The Balaban J connectivity index is 2.13. The molecule has 20 heavy (non-hydrogen) atoms. The Bertz CT molecular complexity index is 582. The Morgan fingerprint density at radius 1 is 1.10 bits per heavy atom. The van der Waals surface area contributed by atoms with E-state index >= 15 is 0 Å². The highest BCUT2D eigenvalue weighted by Crippen LogP contribution is 2.14. The molecule has 0 N–H and O–H groups in total. The monoisotopic (exact) mass is 308 g/mol. The lowest BCUT2D eigenvalue weighted by molar-refractivity contribution is 0.0746. The van der Waals surface area contributed by atoms with E-state index in [0.29, 0.717) is 28.8 Å². The number of halogens is 2. The van der Waals surface area contributed by atoms with Crippen molar-refractivity contribution in [1.82, 2.24) is 9.88 Å². The van der Waals surface area contributed by atoms with Gasteiger partial charge in [0.25, 0.3) is 5.91 Å². The van der Waals surface area contributed by atoms with Crippen molar-refractivity contribution < 1.29 is 4.79 Å². The van der Waals surface area contributed by atoms with Gasteiger partial charge in [-0.15, -0.1) is 0 Å². The number of nitrogens with zero attached hydrogens (tertiary/aromatic N) is 2. The number of aromatic nitrogens is 1. The van der Waals surface area contributed by atoms with Gasteiger partial charge in [-0.1, -0.05) is 35.3 Å². The second-order valence-electron chi connectivity index (χ2n) is 4.31. The number of amides is 1. The highest BCUT2D eigenvalue weighted by Gasteiger charge is 2.15. The van der Waals surface area contributed by atoms with Crippen molar-refractivity contribution in [2.45, 2.75) is 13.5 Å². The van der Waals surface area contributed by atoms with Gasteiger partial charge in [0.05, 0.1) is 5.02 Å². The molecule has 0 saturated heterocycles. The lowest BCUT2D eigenvalue weighted by Gasteiger charge is -2.20. The molecule has 2 aromatic rings. The molecule has 3 nitrogen and oxygen atoms in total. The van der Waals surface area contributed by atoms with Crippen LogP contribution in [0.4, 0.5) is 0 Å². The van der Waals surface area contributed by atoms with Crippen molar-refractivity contribution in [1.29, 1.82) is 0 Å². The summed E-state index contributed by atoms with van der Waals surface area (Å²) in [6.07, 6.45) is 1.48. The molecule has 0 fully saturated rings. The summed E-state index contributed by atoms with van der Waals surface area (Å²) in [5.41, 5.74) is 1.42. The van der Waals surface area contributed by atoms with E-state index in [0.717, 1.165) is 5.56 Å². The molecule has 1 aromatic carbocycles. The molecule has 1 heterocycles. The van der Waals surface area contributed by atoms with Gasteiger partial charge in [0.2, 0.25) is 0 Å². The summed E-state index contributed by atoms with van der Waals surface area (Å²) in [5.74, 6) is -0.112. The first-order valence-corrected chi connectivity index (χ1v) is 7.01. The molecular weight excluding hydrogens is 295 g/mol. The summed E-state index contributed by atoms with van der Waals surface area (Å²) >= 11 is 11.6. The average molecular weight is 309 g/mol. The van der Waals surface area contributed by atoms with Gasteiger partial charge in [0, 0.05) is 24.3 Å². The van der Waals surface area contributed by atoms with Crippen LogP contribution in [0.3, 0.4) is 0 Å². The van der Waals surface area contributed by atoms with Crippen LogP contribution in [0.25, 0.3) is 0 Å². The number of carbonyl (C=O) groups is 1. The van der Waals surface area contributed by atoms with Gasteiger partial charge < -0.3 is 4.90 Å². The SMILES string of the molecule is CCN(Cc1ccc(Cl)cc1)C(=O)c1ccc(Cl)cn1. The van der Waals surface area contributed by atoms with Crippen molar-refractivity contribution in [2.24, 2.45) is 0 Å². The number of pyridine rings is 1. The number of carbonyl (C=O) groups excluding carboxylic acids is 1. The topological polar surface area (TPSA) is 33.2 Å². The van der Waals surface area contributed by atoms with E-state index in [4.69, 9.17) is 23.2 Å². The minimum Gasteiger partial charge on any atom is -0.333 e. The quantitative estimate of drug-likeness (QED) is 0.853. The first-order chi connectivity index (χ1) is 9.60. The van der Waals surface area contributed by atoms with Crippen LogP contribution in [0.15, 0.2) is 42.6 Å². The molecule has 0 aliphatic carbocycles. The van der Waals surface area contributed by atoms with Crippen LogP contribution in [-0.2, 0) is 6.54 Å². The van der Waals surface area contributed by atoms with Gasteiger partial charge in [0.1, 0.15) is 5.69 Å². The molecule has 0 atom stereocenters. The zero-order chi connectivity index (χ0) is 14.5. The second-order valence-corrected chi connectivity index (χ2v) is 5.18. The van der Waals surface area contributed by atoms with Crippen LogP contribution in [0.1, 0.15) is 23.0 Å². The fourth-order valence-corrected chi connectivity index (χ4v) is 2.04. The Kier molecular flexibility index (Phi) is 4.99. The van der Waals surface area contributed by atoms with Gasteiger partial charge >= 0.3 is 0 Å². The summed E-state index contributed by atoms with van der Waals surface area (Å²) in [7, 11) is 0. The summed E-state index contributed by atoms with van der Waals surface area (Å²) in [6.45, 7) is 3.06. The fourth-order valence-electron chi connectivity index (χ4n) is 1.80. The molecule has 1 aromatic heterocycles. The normalized spacial score (nSPS) is 10.3. The van der Waals surface area contributed by atoms with E-state index in [1.54, 1.807) is 17.0 Å². The summed E-state index contributed by atoms with van der Waals surface area (Å²) < 4.78 is 0. The van der Waals surface area contributed by atoms with E-state index in [9.17, 15) is 4.79 Å². The number of hydrogen-bond acceptors (Lipinski definition) is 2. The van der Waals surface area contributed by atoms with Crippen molar-refractivity contribution in [2.75, 3.05) is 6.54 Å². The Labute approximate surface area is 128 Å². The minimum atomic E-state index is -0.112. The zero-order valence-corrected chi connectivity index (χ0v) is 12.5. The van der Waals surface area contributed by atoms with E-state index in [1.165, 1.54) is 6.20 Å². The van der Waals surface area contributed by atoms with Crippen LogP contribution in [0, 0.1) is 0 Å². The smallest absolute Gasteiger partial charge is 0.272 e. The van der Waals surface area contributed by atoms with E-state index in [-0.39, 0.29) is 5.91 Å². The van der Waals surface area contributed by atoms with Gasteiger partial charge in [-0.2, -0.15) is 0 Å². The molecule has 5 heteroatoms.